The Labute approximate surface area is 219 Å². The zero-order valence-corrected chi connectivity index (χ0v) is 22.4. The molecule has 0 spiro atoms. The van der Waals surface area contributed by atoms with Gasteiger partial charge in [-0.25, -0.2) is 4.98 Å². The van der Waals surface area contributed by atoms with E-state index in [-0.39, 0.29) is 17.8 Å². The fourth-order valence-electron chi connectivity index (χ4n) is 4.67. The van der Waals surface area contributed by atoms with Gasteiger partial charge in [-0.05, 0) is 67.4 Å². The fourth-order valence-corrected chi connectivity index (χ4v) is 6.82. The van der Waals surface area contributed by atoms with Crippen LogP contribution in [0.3, 0.4) is 0 Å². The smallest absolute Gasteiger partial charge is 0.310 e. The van der Waals surface area contributed by atoms with Gasteiger partial charge in [-0.1, -0.05) is 17.7 Å². The van der Waals surface area contributed by atoms with Gasteiger partial charge in [0.05, 0.1) is 46.7 Å². The summed E-state index contributed by atoms with van der Waals surface area (Å²) in [6.45, 7) is 2.57. The molecule has 0 bridgehead atoms. The predicted octanol–water partition coefficient (Wildman–Crippen LogP) is 5.68. The Morgan fingerprint density at radius 3 is 2.94 bits per heavy atom. The van der Waals surface area contributed by atoms with E-state index >= 15 is 0 Å². The summed E-state index contributed by atoms with van der Waals surface area (Å²) in [5.41, 5.74) is 1.23. The number of fused-ring (bicyclic) bond motifs is 1. The van der Waals surface area contributed by atoms with Gasteiger partial charge in [-0.3, -0.25) is 4.79 Å². The van der Waals surface area contributed by atoms with E-state index in [1.165, 1.54) is 11.3 Å². The number of carbonyl (C=O) groups excluding carboxylic acids is 1. The SMILES string of the molecule is COC(=O)[C@H]1CN(CCSc2cccs2)CC[C@H]1CC[C@@H](O)c1nc2ccc(OC)cc2cc1Cl. The molecule has 9 heteroatoms. The number of methoxy groups -OCH3 is 2. The predicted molar refractivity (Wildman–Crippen MR) is 143 cm³/mol. The van der Waals surface area contributed by atoms with E-state index in [4.69, 9.17) is 21.1 Å². The van der Waals surface area contributed by atoms with Crippen LogP contribution in [0.5, 0.6) is 5.75 Å². The van der Waals surface area contributed by atoms with Gasteiger partial charge in [0, 0.05) is 24.2 Å². The van der Waals surface area contributed by atoms with Crippen LogP contribution in [0, 0.1) is 11.8 Å². The van der Waals surface area contributed by atoms with Gasteiger partial charge < -0.3 is 19.5 Å². The van der Waals surface area contributed by atoms with E-state index < -0.39 is 6.10 Å². The first-order valence-electron chi connectivity index (χ1n) is 11.8. The number of hydrogen-bond donors (Lipinski definition) is 1. The number of ether oxygens (including phenoxy) is 2. The number of likely N-dealkylation sites (tertiary alicyclic amines) is 1. The number of thiophene rings is 1. The molecule has 0 radical (unpaired) electrons. The molecule has 6 nitrogen and oxygen atoms in total. The highest BCUT2D eigenvalue weighted by atomic mass is 35.5. The Hall–Kier alpha value is -1.84. The Kier molecular flexibility index (Phi) is 9.30. The van der Waals surface area contributed by atoms with Gasteiger partial charge in [-0.2, -0.15) is 0 Å². The highest BCUT2D eigenvalue weighted by molar-refractivity contribution is 8.01. The standard InChI is InChI=1S/C26H31ClN2O4S2/c1-32-19-6-7-22-18(14-19)15-21(27)25(28-22)23(30)8-5-17-9-10-29(16-20(17)26(31)33-2)11-13-35-24-4-3-12-34-24/h3-4,6-7,12,14-15,17,20,23,30H,5,8-11,13,16H2,1-2H3/t17-,20+,23-/m1/s1. The van der Waals surface area contributed by atoms with E-state index in [1.807, 2.05) is 36.0 Å². The number of benzene rings is 1. The van der Waals surface area contributed by atoms with E-state index in [0.717, 1.165) is 41.9 Å². The highest BCUT2D eigenvalue weighted by Gasteiger charge is 2.35. The lowest BCUT2D eigenvalue weighted by atomic mass is 9.81. The lowest BCUT2D eigenvalue weighted by Crippen LogP contribution is -2.45. The molecule has 1 fully saturated rings. The summed E-state index contributed by atoms with van der Waals surface area (Å²) in [7, 11) is 3.07. The number of halogens is 1. The number of esters is 1. The second-order valence-corrected chi connectivity index (χ2v) is 11.5. The summed E-state index contributed by atoms with van der Waals surface area (Å²) in [5, 5.41) is 14.3. The second kappa shape index (κ2) is 12.4. The van der Waals surface area contributed by atoms with Crippen molar-refractivity contribution >= 4 is 51.6 Å². The van der Waals surface area contributed by atoms with Crippen molar-refractivity contribution in [1.82, 2.24) is 9.88 Å². The van der Waals surface area contributed by atoms with Crippen LogP contribution in [-0.4, -0.2) is 60.6 Å². The van der Waals surface area contributed by atoms with E-state index in [9.17, 15) is 9.90 Å². The van der Waals surface area contributed by atoms with Crippen LogP contribution in [0.2, 0.25) is 5.02 Å². The summed E-state index contributed by atoms with van der Waals surface area (Å²) >= 11 is 10.1. The number of rotatable bonds is 10. The summed E-state index contributed by atoms with van der Waals surface area (Å²) in [5.74, 6) is 1.52. The van der Waals surface area contributed by atoms with Crippen LogP contribution in [0.15, 0.2) is 46.0 Å². The monoisotopic (exact) mass is 534 g/mol. The topological polar surface area (TPSA) is 71.9 Å². The maximum Gasteiger partial charge on any atom is 0.310 e. The molecule has 0 aliphatic carbocycles. The minimum atomic E-state index is -0.799. The van der Waals surface area contributed by atoms with Gasteiger partial charge in [0.2, 0.25) is 0 Å². The van der Waals surface area contributed by atoms with Gasteiger partial charge in [0.1, 0.15) is 5.75 Å². The summed E-state index contributed by atoms with van der Waals surface area (Å²) < 4.78 is 11.7. The maximum atomic E-state index is 12.6. The van der Waals surface area contributed by atoms with Crippen LogP contribution < -0.4 is 4.74 Å². The first kappa shape index (κ1) is 26.2. The molecule has 1 N–H and O–H groups in total. The van der Waals surface area contributed by atoms with Crippen LogP contribution in [0.1, 0.15) is 31.1 Å². The molecule has 0 unspecified atom stereocenters. The average Bonchev–Trinajstić information content (AvgIpc) is 3.40. The first-order valence-corrected chi connectivity index (χ1v) is 14.0. The highest BCUT2D eigenvalue weighted by Crippen LogP contribution is 2.34. The fraction of sp³-hybridized carbons (Fsp3) is 0.462. The maximum absolute atomic E-state index is 12.6. The molecule has 1 aromatic carbocycles. The molecule has 3 aromatic rings. The number of aliphatic hydroxyl groups is 1. The third kappa shape index (κ3) is 6.68. The molecule has 3 heterocycles. The van der Waals surface area contributed by atoms with Crippen molar-refractivity contribution in [3.05, 3.63) is 52.5 Å². The Morgan fingerprint density at radius 1 is 1.34 bits per heavy atom. The van der Waals surface area contributed by atoms with Gasteiger partial charge in [0.15, 0.2) is 0 Å². The number of carbonyl (C=O) groups is 1. The van der Waals surface area contributed by atoms with Gasteiger partial charge in [-0.15, -0.1) is 23.1 Å². The molecule has 35 heavy (non-hydrogen) atoms. The zero-order chi connectivity index (χ0) is 24.8. The average molecular weight is 535 g/mol. The Balaban J connectivity index is 1.36. The van der Waals surface area contributed by atoms with Crippen molar-refractivity contribution in [3.8, 4) is 5.75 Å². The third-order valence-corrected chi connectivity index (χ3v) is 9.03. The van der Waals surface area contributed by atoms with Gasteiger partial charge >= 0.3 is 5.97 Å². The molecule has 4 rings (SSSR count). The molecular formula is C26H31ClN2O4S2. The molecule has 3 atom stereocenters. The summed E-state index contributed by atoms with van der Waals surface area (Å²) in [4.78, 5) is 19.6. The molecule has 1 saturated heterocycles. The van der Waals surface area contributed by atoms with Crippen LogP contribution in [-0.2, 0) is 9.53 Å². The molecule has 0 amide bonds. The normalized spacial score (nSPS) is 19.5. The molecular weight excluding hydrogens is 504 g/mol. The van der Waals surface area contributed by atoms with E-state index in [0.29, 0.717) is 30.1 Å². The second-order valence-electron chi connectivity index (χ2n) is 8.77. The Morgan fingerprint density at radius 2 is 2.20 bits per heavy atom. The van der Waals surface area contributed by atoms with Crippen molar-refractivity contribution in [2.24, 2.45) is 11.8 Å². The quantitative estimate of drug-likeness (QED) is 0.265. The van der Waals surface area contributed by atoms with Crippen LogP contribution in [0.4, 0.5) is 0 Å². The van der Waals surface area contributed by atoms with E-state index in [1.54, 1.807) is 18.4 Å². The number of aliphatic hydroxyl groups excluding tert-OH is 1. The van der Waals surface area contributed by atoms with Crippen molar-refractivity contribution in [2.45, 2.75) is 29.6 Å². The van der Waals surface area contributed by atoms with Crippen LogP contribution >= 0.6 is 34.7 Å². The molecule has 188 valence electrons. The number of hydrogen-bond acceptors (Lipinski definition) is 8. The third-order valence-electron chi connectivity index (χ3n) is 6.62. The number of nitrogens with zero attached hydrogens (tertiary/aromatic N) is 2. The minimum absolute atomic E-state index is 0.154. The number of aromatic nitrogens is 1. The molecule has 1 aliphatic rings. The Bertz CT molecular complexity index is 1130. The van der Waals surface area contributed by atoms with Gasteiger partial charge in [0.25, 0.3) is 0 Å². The summed E-state index contributed by atoms with van der Waals surface area (Å²) in [6.07, 6.45) is 1.29. The van der Waals surface area contributed by atoms with E-state index in [2.05, 4.69) is 27.4 Å². The minimum Gasteiger partial charge on any atom is -0.497 e. The van der Waals surface area contributed by atoms with Crippen molar-refractivity contribution in [1.29, 1.82) is 0 Å². The number of thioether (sulfide) groups is 1. The largest absolute Gasteiger partial charge is 0.497 e. The molecule has 2 aromatic heterocycles. The van der Waals surface area contributed by atoms with Crippen molar-refractivity contribution < 1.29 is 19.4 Å². The number of pyridine rings is 1. The van der Waals surface area contributed by atoms with Crippen molar-refractivity contribution in [3.63, 3.8) is 0 Å². The number of piperidine rings is 1. The van der Waals surface area contributed by atoms with Crippen LogP contribution in [0.25, 0.3) is 10.9 Å². The lowest BCUT2D eigenvalue weighted by Gasteiger charge is -2.37. The zero-order valence-electron chi connectivity index (χ0n) is 20.0. The molecule has 1 aliphatic heterocycles. The summed E-state index contributed by atoms with van der Waals surface area (Å²) in [6, 6.07) is 11.6. The first-order chi connectivity index (χ1) is 17.0. The molecule has 0 saturated carbocycles. The van der Waals surface area contributed by atoms with Crippen molar-refractivity contribution in [2.75, 3.05) is 39.6 Å². The lowest BCUT2D eigenvalue weighted by molar-refractivity contribution is -0.150.